The zero-order valence-electron chi connectivity index (χ0n) is 15.8. The fraction of sp³-hybridized carbons (Fsp3) is 0.600. The summed E-state index contributed by atoms with van der Waals surface area (Å²) >= 11 is 1.64. The van der Waals surface area contributed by atoms with Gasteiger partial charge in [0, 0.05) is 45.8 Å². The largest absolute Gasteiger partial charge is 0.444 e. The Balaban J connectivity index is 1.22. The predicted molar refractivity (Wildman–Crippen MR) is 107 cm³/mol. The molecule has 27 heavy (non-hydrogen) atoms. The van der Waals surface area contributed by atoms with E-state index in [0.29, 0.717) is 18.3 Å². The number of carbonyl (C=O) groups excluding carboxylic acids is 1. The molecule has 2 fully saturated rings. The lowest BCUT2D eigenvalue weighted by molar-refractivity contribution is -0.132. The highest BCUT2D eigenvalue weighted by atomic mass is 32.1. The minimum absolute atomic E-state index is 0.308. The third-order valence-electron chi connectivity index (χ3n) is 5.45. The second kappa shape index (κ2) is 8.99. The summed E-state index contributed by atoms with van der Waals surface area (Å²) in [7, 11) is 0. The Bertz CT molecular complexity index is 714. The summed E-state index contributed by atoms with van der Waals surface area (Å²) in [4.78, 5) is 25.0. The van der Waals surface area contributed by atoms with Gasteiger partial charge in [-0.25, -0.2) is 4.98 Å². The number of oxazole rings is 1. The number of piperazine rings is 1. The first-order valence-corrected chi connectivity index (χ1v) is 10.9. The molecular weight excluding hydrogens is 360 g/mol. The van der Waals surface area contributed by atoms with Crippen LogP contribution in [0.4, 0.5) is 0 Å². The zero-order chi connectivity index (χ0) is 18.5. The van der Waals surface area contributed by atoms with E-state index in [2.05, 4.69) is 19.7 Å². The molecule has 0 N–H and O–H groups in total. The Morgan fingerprint density at radius 3 is 2.48 bits per heavy atom. The van der Waals surface area contributed by atoms with Crippen molar-refractivity contribution in [2.45, 2.75) is 32.2 Å². The van der Waals surface area contributed by atoms with Crippen molar-refractivity contribution in [1.29, 1.82) is 0 Å². The second-order valence-corrected chi connectivity index (χ2v) is 8.42. The summed E-state index contributed by atoms with van der Waals surface area (Å²) in [5.41, 5.74) is 0.979. The molecule has 0 radical (unpaired) electrons. The van der Waals surface area contributed by atoms with Crippen molar-refractivity contribution in [3.8, 4) is 10.8 Å². The first-order chi connectivity index (χ1) is 13.3. The lowest BCUT2D eigenvalue weighted by Gasteiger charge is -2.34. The van der Waals surface area contributed by atoms with Crippen LogP contribution in [0.25, 0.3) is 10.8 Å². The monoisotopic (exact) mass is 388 g/mol. The topological polar surface area (TPSA) is 52.8 Å². The van der Waals surface area contributed by atoms with Crippen LogP contribution < -0.4 is 0 Å². The summed E-state index contributed by atoms with van der Waals surface area (Å²) in [6, 6.07) is 4.04. The summed E-state index contributed by atoms with van der Waals surface area (Å²) in [5.74, 6) is 1.02. The van der Waals surface area contributed by atoms with Crippen molar-refractivity contribution in [2.24, 2.45) is 0 Å². The van der Waals surface area contributed by atoms with Crippen LogP contribution in [0.2, 0.25) is 0 Å². The Labute approximate surface area is 164 Å². The van der Waals surface area contributed by atoms with E-state index >= 15 is 0 Å². The molecule has 0 atom stereocenters. The molecule has 0 unspecified atom stereocenters. The fourth-order valence-corrected chi connectivity index (χ4v) is 4.49. The third-order valence-corrected chi connectivity index (χ3v) is 6.31. The van der Waals surface area contributed by atoms with E-state index < -0.39 is 0 Å². The molecule has 2 aromatic heterocycles. The number of rotatable bonds is 5. The molecule has 2 aromatic rings. The third kappa shape index (κ3) is 4.97. The molecule has 2 aliphatic rings. The van der Waals surface area contributed by atoms with Gasteiger partial charge < -0.3 is 9.32 Å². The van der Waals surface area contributed by atoms with E-state index in [9.17, 15) is 4.79 Å². The van der Waals surface area contributed by atoms with E-state index in [-0.39, 0.29) is 0 Å². The number of hydrogen-bond acceptors (Lipinski definition) is 6. The highest BCUT2D eigenvalue weighted by molar-refractivity contribution is 7.13. The minimum Gasteiger partial charge on any atom is -0.444 e. The van der Waals surface area contributed by atoms with Gasteiger partial charge in [0.2, 0.25) is 11.8 Å². The van der Waals surface area contributed by atoms with Gasteiger partial charge in [0.05, 0.1) is 17.1 Å². The number of hydrogen-bond donors (Lipinski definition) is 0. The number of nitrogens with zero attached hydrogens (tertiary/aromatic N) is 4. The van der Waals surface area contributed by atoms with Gasteiger partial charge in [-0.15, -0.1) is 11.3 Å². The van der Waals surface area contributed by atoms with Crippen LogP contribution >= 0.6 is 11.3 Å². The summed E-state index contributed by atoms with van der Waals surface area (Å²) in [5, 5.41) is 2.03. The van der Waals surface area contributed by atoms with Crippen molar-refractivity contribution >= 4 is 17.2 Å². The summed E-state index contributed by atoms with van der Waals surface area (Å²) < 4.78 is 5.61. The molecule has 0 bridgehead atoms. The smallest absolute Gasteiger partial charge is 0.236 e. The lowest BCUT2D eigenvalue weighted by Crippen LogP contribution is -2.49. The maximum absolute atomic E-state index is 12.6. The number of carbonyl (C=O) groups is 1. The molecule has 1 amide bonds. The molecule has 0 aliphatic carbocycles. The minimum atomic E-state index is 0.308. The lowest BCUT2D eigenvalue weighted by atomic mass is 10.2. The summed E-state index contributed by atoms with van der Waals surface area (Å²) in [6.07, 6.45) is 6.61. The first-order valence-electron chi connectivity index (χ1n) is 9.99. The van der Waals surface area contributed by atoms with Crippen LogP contribution in [0.15, 0.2) is 28.2 Å². The predicted octanol–water partition coefficient (Wildman–Crippen LogP) is 2.92. The molecule has 0 spiro atoms. The SMILES string of the molecule is O=C(CN1CCN(Cc2coc(-c3cccs3)n2)CC1)N1CCCCCC1. The maximum Gasteiger partial charge on any atom is 0.236 e. The number of amides is 1. The zero-order valence-corrected chi connectivity index (χ0v) is 16.6. The Kier molecular flexibility index (Phi) is 6.21. The fourth-order valence-electron chi connectivity index (χ4n) is 3.84. The van der Waals surface area contributed by atoms with Crippen LogP contribution in [0.3, 0.4) is 0 Å². The molecule has 4 heterocycles. The highest BCUT2D eigenvalue weighted by Crippen LogP contribution is 2.24. The van der Waals surface area contributed by atoms with Crippen molar-refractivity contribution in [3.05, 3.63) is 29.5 Å². The van der Waals surface area contributed by atoms with E-state index in [4.69, 9.17) is 4.42 Å². The van der Waals surface area contributed by atoms with Crippen LogP contribution in [-0.2, 0) is 11.3 Å². The number of thiophene rings is 1. The van der Waals surface area contributed by atoms with E-state index in [1.54, 1.807) is 17.6 Å². The van der Waals surface area contributed by atoms with Gasteiger partial charge in [0.25, 0.3) is 0 Å². The quantitative estimate of drug-likeness (QED) is 0.788. The van der Waals surface area contributed by atoms with E-state index in [1.807, 2.05) is 17.5 Å². The van der Waals surface area contributed by atoms with E-state index in [0.717, 1.165) is 69.2 Å². The maximum atomic E-state index is 12.6. The van der Waals surface area contributed by atoms with Crippen molar-refractivity contribution in [3.63, 3.8) is 0 Å². The van der Waals surface area contributed by atoms with Gasteiger partial charge >= 0.3 is 0 Å². The van der Waals surface area contributed by atoms with Gasteiger partial charge in [-0.1, -0.05) is 18.9 Å². The van der Waals surface area contributed by atoms with Crippen LogP contribution in [-0.4, -0.2) is 71.4 Å². The normalized spacial score (nSPS) is 19.9. The molecule has 4 rings (SSSR count). The van der Waals surface area contributed by atoms with Crippen LogP contribution in [0.1, 0.15) is 31.4 Å². The molecule has 0 aromatic carbocycles. The average Bonchev–Trinajstić information content (AvgIpc) is 3.29. The van der Waals surface area contributed by atoms with Gasteiger partial charge in [-0.05, 0) is 24.3 Å². The van der Waals surface area contributed by atoms with Crippen LogP contribution in [0, 0.1) is 0 Å². The Hall–Kier alpha value is -1.70. The molecule has 6 nitrogen and oxygen atoms in total. The molecule has 0 saturated carbocycles. The summed E-state index contributed by atoms with van der Waals surface area (Å²) in [6.45, 7) is 7.07. The molecular formula is C20H28N4O2S. The molecule has 2 saturated heterocycles. The van der Waals surface area contributed by atoms with Gasteiger partial charge in [0.1, 0.15) is 6.26 Å². The number of likely N-dealkylation sites (tertiary alicyclic amines) is 1. The molecule has 2 aliphatic heterocycles. The standard InChI is InChI=1S/C20H28N4O2S/c25-19(24-7-3-1-2-4-8-24)15-23-11-9-22(10-12-23)14-17-16-26-20(21-17)18-6-5-13-27-18/h5-6,13,16H,1-4,7-12,14-15H2. The Morgan fingerprint density at radius 2 is 1.78 bits per heavy atom. The Morgan fingerprint density at radius 1 is 1.04 bits per heavy atom. The molecule has 7 heteroatoms. The number of aromatic nitrogens is 1. The average molecular weight is 389 g/mol. The van der Waals surface area contributed by atoms with Gasteiger partial charge in [0.15, 0.2) is 0 Å². The van der Waals surface area contributed by atoms with Crippen molar-refractivity contribution in [1.82, 2.24) is 19.7 Å². The van der Waals surface area contributed by atoms with Gasteiger partial charge in [-0.3, -0.25) is 14.6 Å². The van der Waals surface area contributed by atoms with Gasteiger partial charge in [-0.2, -0.15) is 0 Å². The second-order valence-electron chi connectivity index (χ2n) is 7.47. The first kappa shape index (κ1) is 18.7. The van der Waals surface area contributed by atoms with Crippen LogP contribution in [0.5, 0.6) is 0 Å². The van der Waals surface area contributed by atoms with Crippen molar-refractivity contribution < 1.29 is 9.21 Å². The van der Waals surface area contributed by atoms with Crippen molar-refractivity contribution in [2.75, 3.05) is 45.8 Å². The highest BCUT2D eigenvalue weighted by Gasteiger charge is 2.23. The van der Waals surface area contributed by atoms with E-state index in [1.165, 1.54) is 12.8 Å². The molecule has 146 valence electrons.